The zero-order valence-corrected chi connectivity index (χ0v) is 20.7. The van der Waals surface area contributed by atoms with E-state index in [9.17, 15) is 4.79 Å². The molecule has 0 radical (unpaired) electrons. The number of nitrogens with two attached hydrogens (primary N) is 1. The summed E-state index contributed by atoms with van der Waals surface area (Å²) in [5, 5.41) is 3.13. The van der Waals surface area contributed by atoms with Crippen LogP contribution >= 0.6 is 0 Å². The Morgan fingerprint density at radius 1 is 1.00 bits per heavy atom. The minimum Gasteiger partial charge on any atom is -0.336 e. The second-order valence-electron chi connectivity index (χ2n) is 11.4. The number of piperidine rings is 2. The van der Waals surface area contributed by atoms with E-state index in [4.69, 9.17) is 5.73 Å². The number of nitrogens with zero attached hydrogens (tertiary/aromatic N) is 3. The van der Waals surface area contributed by atoms with Crippen molar-refractivity contribution in [3.63, 3.8) is 0 Å². The summed E-state index contributed by atoms with van der Waals surface area (Å²) in [6.07, 6.45) is 7.38. The molecule has 3 N–H and O–H groups in total. The van der Waals surface area contributed by atoms with Crippen molar-refractivity contribution in [1.29, 1.82) is 0 Å². The molecule has 31 heavy (non-hydrogen) atoms. The van der Waals surface area contributed by atoms with Crippen LogP contribution in [-0.2, 0) is 0 Å². The second-order valence-corrected chi connectivity index (χ2v) is 11.4. The molecule has 3 aliphatic rings. The summed E-state index contributed by atoms with van der Waals surface area (Å²) in [5.41, 5.74) is 6.00. The molecule has 0 bridgehead atoms. The number of amides is 2. The Morgan fingerprint density at radius 2 is 1.61 bits per heavy atom. The molecule has 0 aliphatic carbocycles. The molecule has 1 unspecified atom stereocenters. The van der Waals surface area contributed by atoms with Gasteiger partial charge in [-0.15, -0.1) is 0 Å². The predicted molar refractivity (Wildman–Crippen MR) is 129 cm³/mol. The van der Waals surface area contributed by atoms with E-state index in [0.29, 0.717) is 6.04 Å². The lowest BCUT2D eigenvalue weighted by Crippen LogP contribution is -2.44. The zero-order valence-electron chi connectivity index (χ0n) is 20.7. The molecular weight excluding hydrogens is 386 g/mol. The van der Waals surface area contributed by atoms with E-state index in [1.165, 1.54) is 51.9 Å². The van der Waals surface area contributed by atoms with E-state index < -0.39 is 0 Å². The molecule has 0 saturated carbocycles. The molecule has 3 saturated heterocycles. The number of carbonyl (C=O) groups is 1. The van der Waals surface area contributed by atoms with Gasteiger partial charge in [0.2, 0.25) is 0 Å². The first kappa shape index (κ1) is 24.8. The van der Waals surface area contributed by atoms with Crippen LogP contribution in [0.5, 0.6) is 0 Å². The highest BCUT2D eigenvalue weighted by molar-refractivity contribution is 5.76. The predicted octanol–water partition coefficient (Wildman–Crippen LogP) is 3.23. The largest absolute Gasteiger partial charge is 0.336 e. The molecule has 0 aromatic heterocycles. The van der Waals surface area contributed by atoms with Crippen LogP contribution in [0.15, 0.2) is 0 Å². The summed E-state index contributed by atoms with van der Waals surface area (Å²) < 4.78 is 0. The van der Waals surface area contributed by atoms with E-state index >= 15 is 0 Å². The number of hydrogen-bond donors (Lipinski definition) is 2. The second kappa shape index (κ2) is 11.3. The first-order valence-electron chi connectivity index (χ1n) is 13.0. The molecule has 0 aromatic rings. The Labute approximate surface area is 191 Å². The van der Waals surface area contributed by atoms with Gasteiger partial charge in [-0.1, -0.05) is 27.7 Å². The van der Waals surface area contributed by atoms with E-state index in [-0.39, 0.29) is 11.4 Å². The Bertz CT molecular complexity index is 550. The zero-order chi connectivity index (χ0) is 22.4. The Balaban J connectivity index is 1.43. The summed E-state index contributed by atoms with van der Waals surface area (Å²) in [5.74, 6) is 2.45. The van der Waals surface area contributed by atoms with Gasteiger partial charge in [0, 0.05) is 26.2 Å². The first-order valence-corrected chi connectivity index (χ1v) is 13.0. The summed E-state index contributed by atoms with van der Waals surface area (Å²) in [7, 11) is 0. The minimum absolute atomic E-state index is 0.150. The highest BCUT2D eigenvalue weighted by Crippen LogP contribution is 2.40. The van der Waals surface area contributed by atoms with Gasteiger partial charge in [-0.2, -0.15) is 0 Å². The topological polar surface area (TPSA) is 64.8 Å². The van der Waals surface area contributed by atoms with Crippen molar-refractivity contribution in [1.82, 2.24) is 20.0 Å². The average Bonchev–Trinajstić information content (AvgIpc) is 3.08. The van der Waals surface area contributed by atoms with Gasteiger partial charge in [0.05, 0.1) is 6.04 Å². The molecule has 180 valence electrons. The van der Waals surface area contributed by atoms with Crippen LogP contribution in [0.3, 0.4) is 0 Å². The molecule has 6 nitrogen and oxygen atoms in total. The molecular formula is C25H49N5O. The van der Waals surface area contributed by atoms with Crippen molar-refractivity contribution in [3.8, 4) is 0 Å². The van der Waals surface area contributed by atoms with Gasteiger partial charge in [0.15, 0.2) is 0 Å². The summed E-state index contributed by atoms with van der Waals surface area (Å²) in [6.45, 7) is 19.0. The van der Waals surface area contributed by atoms with E-state index in [0.717, 1.165) is 63.3 Å². The number of carbonyl (C=O) groups excluding carboxylic acids is 1. The van der Waals surface area contributed by atoms with Crippen molar-refractivity contribution < 1.29 is 4.79 Å². The smallest absolute Gasteiger partial charge is 0.317 e. The maximum absolute atomic E-state index is 12.5. The normalized spacial score (nSPS) is 25.5. The summed E-state index contributed by atoms with van der Waals surface area (Å²) in [4.78, 5) is 19.8. The minimum atomic E-state index is 0.150. The van der Waals surface area contributed by atoms with Gasteiger partial charge < -0.3 is 25.8 Å². The van der Waals surface area contributed by atoms with Crippen LogP contribution in [0.4, 0.5) is 4.79 Å². The molecule has 6 heteroatoms. The summed E-state index contributed by atoms with van der Waals surface area (Å²) >= 11 is 0. The number of likely N-dealkylation sites (tertiary alicyclic amines) is 2. The van der Waals surface area contributed by atoms with Crippen LogP contribution in [-0.4, -0.2) is 85.7 Å². The van der Waals surface area contributed by atoms with Gasteiger partial charge in [0.1, 0.15) is 0 Å². The number of rotatable bonds is 10. The fraction of sp³-hybridized carbons (Fsp3) is 0.960. The monoisotopic (exact) mass is 435 g/mol. The third-order valence-electron chi connectivity index (χ3n) is 8.54. The van der Waals surface area contributed by atoms with Crippen LogP contribution in [0.1, 0.15) is 66.2 Å². The van der Waals surface area contributed by atoms with Gasteiger partial charge in [-0.05, 0) is 94.4 Å². The van der Waals surface area contributed by atoms with Crippen LogP contribution in [0.25, 0.3) is 0 Å². The van der Waals surface area contributed by atoms with E-state index in [1.807, 2.05) is 0 Å². The van der Waals surface area contributed by atoms with Crippen molar-refractivity contribution in [2.45, 2.75) is 72.3 Å². The SMILES string of the molecule is CC(C)C1CCN(CCCN2C(=O)NCC2CC(C)(C)C2CCN(CCN)CC2)CC1. The maximum Gasteiger partial charge on any atom is 0.317 e. The Hall–Kier alpha value is -0.850. The van der Waals surface area contributed by atoms with Gasteiger partial charge in [-0.3, -0.25) is 0 Å². The van der Waals surface area contributed by atoms with Crippen molar-refractivity contribution in [3.05, 3.63) is 0 Å². The quantitative estimate of drug-likeness (QED) is 0.553. The fourth-order valence-corrected chi connectivity index (χ4v) is 6.25. The molecule has 3 heterocycles. The Morgan fingerprint density at radius 3 is 2.23 bits per heavy atom. The fourth-order valence-electron chi connectivity index (χ4n) is 6.25. The van der Waals surface area contributed by atoms with Crippen molar-refractivity contribution >= 4 is 6.03 Å². The number of hydrogen-bond acceptors (Lipinski definition) is 4. The molecule has 1 atom stereocenters. The van der Waals surface area contributed by atoms with Gasteiger partial charge in [0.25, 0.3) is 0 Å². The molecule has 3 fully saturated rings. The number of nitrogens with one attached hydrogen (secondary N) is 1. The van der Waals surface area contributed by atoms with Crippen molar-refractivity contribution in [2.24, 2.45) is 28.9 Å². The maximum atomic E-state index is 12.5. The highest BCUT2D eigenvalue weighted by Gasteiger charge is 2.39. The molecule has 0 spiro atoms. The van der Waals surface area contributed by atoms with Crippen LogP contribution in [0.2, 0.25) is 0 Å². The van der Waals surface area contributed by atoms with E-state index in [2.05, 4.69) is 47.7 Å². The molecule has 2 amide bonds. The molecule has 3 aliphatic heterocycles. The Kier molecular flexibility index (Phi) is 9.06. The highest BCUT2D eigenvalue weighted by atomic mass is 16.2. The van der Waals surface area contributed by atoms with E-state index in [1.54, 1.807) is 0 Å². The standard InChI is InChI=1S/C25H49N5O/c1-20(2)21-6-13-28(14-7-21)11-5-12-30-23(19-27-24(30)31)18-25(3,4)22-8-15-29(16-9-22)17-10-26/h20-23H,5-19,26H2,1-4H3,(H,27,31). The van der Waals surface area contributed by atoms with Crippen LogP contribution < -0.4 is 11.1 Å². The molecule has 3 rings (SSSR count). The van der Waals surface area contributed by atoms with Gasteiger partial charge in [-0.25, -0.2) is 4.79 Å². The number of urea groups is 1. The lowest BCUT2D eigenvalue weighted by molar-refractivity contribution is 0.0756. The van der Waals surface area contributed by atoms with Crippen LogP contribution in [0, 0.1) is 23.2 Å². The lowest BCUT2D eigenvalue weighted by atomic mass is 9.70. The lowest BCUT2D eigenvalue weighted by Gasteiger charge is -2.42. The summed E-state index contributed by atoms with van der Waals surface area (Å²) in [6, 6.07) is 0.494. The molecule has 0 aromatic carbocycles. The first-order chi connectivity index (χ1) is 14.8. The third-order valence-corrected chi connectivity index (χ3v) is 8.54. The van der Waals surface area contributed by atoms with Gasteiger partial charge >= 0.3 is 6.03 Å². The average molecular weight is 436 g/mol. The third kappa shape index (κ3) is 6.82. The van der Waals surface area contributed by atoms with Crippen molar-refractivity contribution in [2.75, 3.05) is 58.9 Å².